The molecule has 2 aliphatic rings. The van der Waals surface area contributed by atoms with Crippen LogP contribution in [0.5, 0.6) is 0 Å². The summed E-state index contributed by atoms with van der Waals surface area (Å²) in [5.74, 6) is 0.929. The molecule has 39 heavy (non-hydrogen) atoms. The molecule has 3 nitrogen and oxygen atoms in total. The maximum absolute atomic E-state index is 5.19. The highest BCUT2D eigenvalue weighted by atomic mass is 15.1. The Morgan fingerprint density at radius 3 is 2.03 bits per heavy atom. The molecule has 0 saturated carbocycles. The monoisotopic (exact) mass is 497 g/mol. The van der Waals surface area contributed by atoms with E-state index >= 15 is 0 Å². The van der Waals surface area contributed by atoms with Gasteiger partial charge in [0.15, 0.2) is 0 Å². The van der Waals surface area contributed by atoms with Crippen molar-refractivity contribution in [1.29, 1.82) is 0 Å². The number of para-hydroxylation sites is 1. The molecule has 0 radical (unpaired) electrons. The van der Waals surface area contributed by atoms with Gasteiger partial charge in [0.1, 0.15) is 5.82 Å². The lowest BCUT2D eigenvalue weighted by Crippen LogP contribution is -2.02. The molecule has 4 aromatic carbocycles. The van der Waals surface area contributed by atoms with Gasteiger partial charge in [0.2, 0.25) is 0 Å². The van der Waals surface area contributed by atoms with Crippen molar-refractivity contribution in [1.82, 2.24) is 14.5 Å². The molecule has 0 saturated heterocycles. The molecule has 2 aliphatic carbocycles. The number of nitrogens with zero attached hydrogens (tertiary/aromatic N) is 3. The number of fused-ring (bicyclic) bond motifs is 12. The molecular formula is C36H23N3. The number of pyridine rings is 2. The standard InChI is InChI=1S/C36H23N3/c1-3-12-24-22(10-1)20-27-33(24)34-25-13-4-2-11-23(25)21-28(34)36-35(27)26-14-5-6-17-31(26)39(36)32-18-9-16-30(38-32)29-15-7-8-19-37-29/h1-19H,20-21H2. The molecule has 3 heteroatoms. The van der Waals surface area contributed by atoms with E-state index in [1.54, 1.807) is 0 Å². The maximum Gasteiger partial charge on any atom is 0.138 e. The van der Waals surface area contributed by atoms with Crippen LogP contribution in [0.3, 0.4) is 0 Å². The van der Waals surface area contributed by atoms with Crippen molar-refractivity contribution in [3.05, 3.63) is 138 Å². The summed E-state index contributed by atoms with van der Waals surface area (Å²) in [7, 11) is 0. The molecule has 9 rings (SSSR count). The van der Waals surface area contributed by atoms with Crippen LogP contribution in [0.1, 0.15) is 22.3 Å². The average Bonchev–Trinajstić information content (AvgIpc) is 3.67. The van der Waals surface area contributed by atoms with Gasteiger partial charge < -0.3 is 0 Å². The van der Waals surface area contributed by atoms with Gasteiger partial charge in [-0.15, -0.1) is 0 Å². The van der Waals surface area contributed by atoms with E-state index in [2.05, 4.69) is 94.5 Å². The van der Waals surface area contributed by atoms with Crippen molar-refractivity contribution >= 4 is 21.8 Å². The maximum atomic E-state index is 5.19. The minimum Gasteiger partial charge on any atom is -0.293 e. The summed E-state index contributed by atoms with van der Waals surface area (Å²) in [4.78, 5) is 9.77. The average molecular weight is 498 g/mol. The Kier molecular flexibility index (Phi) is 4.17. The van der Waals surface area contributed by atoms with E-state index in [4.69, 9.17) is 4.98 Å². The third kappa shape index (κ3) is 2.82. The number of aromatic nitrogens is 3. The van der Waals surface area contributed by atoms with E-state index in [-0.39, 0.29) is 0 Å². The van der Waals surface area contributed by atoms with Crippen molar-refractivity contribution < 1.29 is 0 Å². The van der Waals surface area contributed by atoms with Crippen molar-refractivity contribution in [2.45, 2.75) is 12.8 Å². The molecule has 0 unspecified atom stereocenters. The number of benzene rings is 4. The third-order valence-electron chi connectivity index (χ3n) is 8.51. The van der Waals surface area contributed by atoms with Crippen molar-refractivity contribution in [3.8, 4) is 39.5 Å². The van der Waals surface area contributed by atoms with Gasteiger partial charge in [-0.3, -0.25) is 9.55 Å². The lowest BCUT2D eigenvalue weighted by molar-refractivity contribution is 1.07. The van der Waals surface area contributed by atoms with Crippen molar-refractivity contribution in [3.63, 3.8) is 0 Å². The summed E-state index contributed by atoms with van der Waals surface area (Å²) < 4.78 is 2.41. The zero-order chi connectivity index (χ0) is 25.5. The van der Waals surface area contributed by atoms with Crippen LogP contribution in [-0.4, -0.2) is 14.5 Å². The minimum atomic E-state index is 0.882. The predicted octanol–water partition coefficient (Wildman–Crippen LogP) is 8.38. The second-order valence-corrected chi connectivity index (χ2v) is 10.5. The molecule has 0 aliphatic heterocycles. The van der Waals surface area contributed by atoms with Crippen LogP contribution in [0.2, 0.25) is 0 Å². The quantitative estimate of drug-likeness (QED) is 0.240. The van der Waals surface area contributed by atoms with Crippen LogP contribution in [-0.2, 0) is 12.8 Å². The van der Waals surface area contributed by atoms with E-state index in [1.807, 2.05) is 30.5 Å². The normalized spacial score (nSPS) is 12.9. The smallest absolute Gasteiger partial charge is 0.138 e. The van der Waals surface area contributed by atoms with Gasteiger partial charge in [0.25, 0.3) is 0 Å². The van der Waals surface area contributed by atoms with Crippen LogP contribution in [0.25, 0.3) is 61.3 Å². The molecule has 0 spiro atoms. The fourth-order valence-corrected chi connectivity index (χ4v) is 6.98. The summed E-state index contributed by atoms with van der Waals surface area (Å²) in [6.45, 7) is 0. The number of hydrogen-bond donors (Lipinski definition) is 0. The van der Waals surface area contributed by atoms with Gasteiger partial charge in [-0.25, -0.2) is 4.98 Å². The van der Waals surface area contributed by atoms with Gasteiger partial charge in [-0.1, -0.05) is 78.9 Å². The van der Waals surface area contributed by atoms with E-state index in [1.165, 1.54) is 66.3 Å². The highest BCUT2D eigenvalue weighted by molar-refractivity contribution is 6.18. The second kappa shape index (κ2) is 7.75. The first-order valence-corrected chi connectivity index (χ1v) is 13.5. The summed E-state index contributed by atoms with van der Waals surface area (Å²) in [6.07, 6.45) is 3.70. The summed E-state index contributed by atoms with van der Waals surface area (Å²) in [5.41, 5.74) is 15.5. The Morgan fingerprint density at radius 1 is 0.564 bits per heavy atom. The molecule has 0 fully saturated rings. The number of rotatable bonds is 2. The molecule has 0 bridgehead atoms. The van der Waals surface area contributed by atoms with E-state index in [0.717, 1.165) is 30.0 Å². The Labute approximate surface area is 226 Å². The zero-order valence-corrected chi connectivity index (χ0v) is 21.2. The first kappa shape index (κ1) is 21.0. The van der Waals surface area contributed by atoms with E-state index < -0.39 is 0 Å². The SMILES string of the molecule is c1ccc(-c2cccc(-n3c4ccccc4c4c5c(c6c(c43)Cc3ccccc3-6)-c3ccccc3C5)n2)nc1. The van der Waals surface area contributed by atoms with E-state index in [0.29, 0.717) is 0 Å². The molecular weight excluding hydrogens is 474 g/mol. The molecule has 0 N–H and O–H groups in total. The Morgan fingerprint density at radius 2 is 1.23 bits per heavy atom. The topological polar surface area (TPSA) is 30.7 Å². The van der Waals surface area contributed by atoms with Crippen LogP contribution in [0.15, 0.2) is 115 Å². The second-order valence-electron chi connectivity index (χ2n) is 10.5. The predicted molar refractivity (Wildman–Crippen MR) is 158 cm³/mol. The van der Waals surface area contributed by atoms with Crippen LogP contribution in [0.4, 0.5) is 0 Å². The fourth-order valence-electron chi connectivity index (χ4n) is 6.98. The van der Waals surface area contributed by atoms with Gasteiger partial charge in [0.05, 0.1) is 22.4 Å². The van der Waals surface area contributed by atoms with Crippen LogP contribution < -0.4 is 0 Å². The molecule has 3 heterocycles. The zero-order valence-electron chi connectivity index (χ0n) is 21.2. The Balaban J connectivity index is 1.45. The summed E-state index contributed by atoms with van der Waals surface area (Å²) in [5, 5.41) is 2.66. The van der Waals surface area contributed by atoms with Crippen LogP contribution in [0, 0.1) is 0 Å². The summed E-state index contributed by atoms with van der Waals surface area (Å²) >= 11 is 0. The van der Waals surface area contributed by atoms with Crippen LogP contribution >= 0.6 is 0 Å². The van der Waals surface area contributed by atoms with Gasteiger partial charge in [0, 0.05) is 23.4 Å². The molecule has 0 amide bonds. The van der Waals surface area contributed by atoms with Gasteiger partial charge in [-0.05, 0) is 81.3 Å². The summed E-state index contributed by atoms with van der Waals surface area (Å²) in [6, 6.07) is 39.0. The Bertz CT molecular complexity index is 2120. The lowest BCUT2D eigenvalue weighted by atomic mass is 9.90. The molecule has 7 aromatic rings. The van der Waals surface area contributed by atoms with E-state index in [9.17, 15) is 0 Å². The highest BCUT2D eigenvalue weighted by Crippen LogP contribution is 2.54. The Hall–Kier alpha value is -5.02. The van der Waals surface area contributed by atoms with Gasteiger partial charge >= 0.3 is 0 Å². The largest absolute Gasteiger partial charge is 0.293 e. The molecule has 0 atom stereocenters. The lowest BCUT2D eigenvalue weighted by Gasteiger charge is -2.15. The minimum absolute atomic E-state index is 0.882. The third-order valence-corrected chi connectivity index (χ3v) is 8.51. The van der Waals surface area contributed by atoms with Crippen molar-refractivity contribution in [2.24, 2.45) is 0 Å². The van der Waals surface area contributed by atoms with Gasteiger partial charge in [-0.2, -0.15) is 0 Å². The van der Waals surface area contributed by atoms with Crippen molar-refractivity contribution in [2.75, 3.05) is 0 Å². The first-order valence-electron chi connectivity index (χ1n) is 13.5. The highest BCUT2D eigenvalue weighted by Gasteiger charge is 2.34. The molecule has 182 valence electrons. The first-order chi connectivity index (χ1) is 19.4. The fraction of sp³-hybridized carbons (Fsp3) is 0.0556. The molecule has 3 aromatic heterocycles. The number of hydrogen-bond acceptors (Lipinski definition) is 2.